The number of carbonyl (C=O) groups excluding carboxylic acids is 1. The molecule has 7 heteroatoms. The van der Waals surface area contributed by atoms with Crippen molar-refractivity contribution in [1.82, 2.24) is 5.32 Å². The highest BCUT2D eigenvalue weighted by molar-refractivity contribution is 6.83. The van der Waals surface area contributed by atoms with Crippen molar-refractivity contribution >= 4 is 22.5 Å². The summed E-state index contributed by atoms with van der Waals surface area (Å²) in [5.74, 6) is 2.90. The van der Waals surface area contributed by atoms with E-state index in [0.29, 0.717) is 0 Å². The van der Waals surface area contributed by atoms with Gasteiger partial charge in [0.25, 0.3) is 0 Å². The Balaban J connectivity index is 5.28. The first-order valence-electron chi connectivity index (χ1n) is 9.18. The molecule has 0 saturated heterocycles. The highest BCUT2D eigenvalue weighted by Crippen LogP contribution is 2.36. The van der Waals surface area contributed by atoms with E-state index in [4.69, 9.17) is 9.16 Å². The molecular weight excluding hydrogens is 362 g/mol. The van der Waals surface area contributed by atoms with Gasteiger partial charge in [0.2, 0.25) is 0 Å². The maximum atomic E-state index is 12.2. The van der Waals surface area contributed by atoms with Crippen LogP contribution in [0, 0.1) is 11.5 Å². The van der Waals surface area contributed by atoms with E-state index < -0.39 is 40.2 Å². The van der Waals surface area contributed by atoms with Crippen LogP contribution in [0.15, 0.2) is 0 Å². The zero-order valence-corrected chi connectivity index (χ0v) is 20.5. The molecule has 0 bridgehead atoms. The number of aliphatic hydroxyl groups is 1. The monoisotopic (exact) mass is 401 g/mol. The highest BCUT2D eigenvalue weighted by Gasteiger charge is 2.38. The number of rotatable bonds is 5. The topological polar surface area (TPSA) is 67.8 Å². The van der Waals surface area contributed by atoms with Crippen LogP contribution in [-0.4, -0.2) is 51.9 Å². The molecule has 0 fully saturated rings. The smallest absolute Gasteiger partial charge is 0.408 e. The zero-order chi connectivity index (χ0) is 21.0. The maximum absolute atomic E-state index is 12.2. The van der Waals surface area contributed by atoms with Gasteiger partial charge in [-0.1, -0.05) is 46.3 Å². The molecule has 0 heterocycles. The third-order valence-corrected chi connectivity index (χ3v) is 9.50. The second-order valence-electron chi connectivity index (χ2n) is 10.3. The predicted octanol–water partition coefficient (Wildman–Crippen LogP) is 4.14. The number of carbonyl (C=O) groups is 1. The van der Waals surface area contributed by atoms with Crippen LogP contribution in [0.4, 0.5) is 4.79 Å². The molecule has 0 aromatic carbocycles. The summed E-state index contributed by atoms with van der Waals surface area (Å²) < 4.78 is 11.5. The van der Waals surface area contributed by atoms with Crippen LogP contribution in [-0.2, 0) is 9.16 Å². The molecule has 0 aliphatic rings. The van der Waals surface area contributed by atoms with Crippen LogP contribution in [0.1, 0.15) is 41.5 Å². The number of aliphatic hydroxyl groups excluding tert-OH is 1. The van der Waals surface area contributed by atoms with Crippen molar-refractivity contribution in [3.63, 3.8) is 0 Å². The molecule has 0 aromatic rings. The first-order chi connectivity index (χ1) is 11.3. The predicted molar refractivity (Wildman–Crippen MR) is 113 cm³/mol. The molecule has 0 aromatic heterocycles. The Morgan fingerprint density at radius 1 is 1.08 bits per heavy atom. The fraction of sp³-hybridized carbons (Fsp3) is 0.842. The van der Waals surface area contributed by atoms with Gasteiger partial charge < -0.3 is 19.6 Å². The molecule has 0 spiro atoms. The summed E-state index contributed by atoms with van der Waals surface area (Å²) in [5, 5.41) is 13.3. The number of amides is 1. The van der Waals surface area contributed by atoms with E-state index in [9.17, 15) is 9.90 Å². The molecule has 26 heavy (non-hydrogen) atoms. The third kappa shape index (κ3) is 10.4. The zero-order valence-electron chi connectivity index (χ0n) is 18.5. The Morgan fingerprint density at radius 2 is 1.58 bits per heavy atom. The minimum absolute atomic E-state index is 0.0401. The van der Waals surface area contributed by atoms with Gasteiger partial charge in [-0.05, 0) is 38.9 Å². The van der Waals surface area contributed by atoms with Crippen LogP contribution < -0.4 is 5.32 Å². The van der Waals surface area contributed by atoms with E-state index in [1.165, 1.54) is 0 Å². The Labute approximate surface area is 162 Å². The SMILES string of the molecule is CC(C)(C)OC(=O)N[C@@H](CO[Si](C)(C)C(C)(C)C)[C@@H](O)C#C[Si](C)(C)C. The van der Waals surface area contributed by atoms with Crippen LogP contribution in [0.5, 0.6) is 0 Å². The lowest BCUT2D eigenvalue weighted by Crippen LogP contribution is -2.51. The molecule has 1 amide bonds. The van der Waals surface area contributed by atoms with Crippen LogP contribution in [0.2, 0.25) is 37.8 Å². The second kappa shape index (κ2) is 8.92. The van der Waals surface area contributed by atoms with Gasteiger partial charge in [-0.2, -0.15) is 0 Å². The average Bonchev–Trinajstić information content (AvgIpc) is 2.36. The highest BCUT2D eigenvalue weighted by atomic mass is 28.4. The lowest BCUT2D eigenvalue weighted by atomic mass is 10.2. The normalized spacial score (nSPS) is 15.5. The van der Waals surface area contributed by atoms with Gasteiger partial charge >= 0.3 is 6.09 Å². The van der Waals surface area contributed by atoms with Crippen molar-refractivity contribution in [2.75, 3.05) is 6.61 Å². The Bertz CT molecular complexity index is 531. The summed E-state index contributed by atoms with van der Waals surface area (Å²) >= 11 is 0. The summed E-state index contributed by atoms with van der Waals surface area (Å²) in [6.07, 6.45) is -1.57. The first kappa shape index (κ1) is 25.2. The molecular formula is C19H39NO4Si2. The molecule has 152 valence electrons. The van der Waals surface area contributed by atoms with Crippen LogP contribution >= 0.6 is 0 Å². The van der Waals surface area contributed by atoms with Crippen molar-refractivity contribution < 1.29 is 19.1 Å². The van der Waals surface area contributed by atoms with E-state index in [2.05, 4.69) is 70.3 Å². The van der Waals surface area contributed by atoms with Crippen LogP contribution in [0.25, 0.3) is 0 Å². The quantitative estimate of drug-likeness (QED) is 0.536. The Kier molecular flexibility index (Phi) is 8.64. The standard InChI is InChI=1S/C19H39NO4Si2/c1-18(2,3)24-17(22)20-15(16(21)12-13-25(7,8)9)14-23-26(10,11)19(4,5)6/h15-16,21H,14H2,1-11H3,(H,20,22)/t15-,16-/m0/s1. The molecule has 0 saturated carbocycles. The van der Waals surface area contributed by atoms with Gasteiger partial charge in [0.1, 0.15) is 19.8 Å². The van der Waals surface area contributed by atoms with Crippen molar-refractivity contribution in [3.8, 4) is 11.5 Å². The van der Waals surface area contributed by atoms with Crippen molar-refractivity contribution in [2.24, 2.45) is 0 Å². The molecule has 2 N–H and O–H groups in total. The molecule has 0 rings (SSSR count). The average molecular weight is 402 g/mol. The maximum Gasteiger partial charge on any atom is 0.408 e. The lowest BCUT2D eigenvalue weighted by Gasteiger charge is -2.37. The molecule has 0 unspecified atom stereocenters. The van der Waals surface area contributed by atoms with Gasteiger partial charge in [0.05, 0.1) is 12.6 Å². The fourth-order valence-electron chi connectivity index (χ4n) is 1.58. The van der Waals surface area contributed by atoms with Gasteiger partial charge in [0, 0.05) is 0 Å². The summed E-state index contributed by atoms with van der Waals surface area (Å²) in [6.45, 7) is 22.6. The Morgan fingerprint density at radius 3 is 1.96 bits per heavy atom. The minimum Gasteiger partial charge on any atom is -0.444 e. The Hall–Kier alpha value is -0.816. The van der Waals surface area contributed by atoms with E-state index >= 15 is 0 Å². The molecule has 0 radical (unpaired) electrons. The van der Waals surface area contributed by atoms with Gasteiger partial charge in [-0.15, -0.1) is 5.54 Å². The minimum atomic E-state index is -2.01. The van der Waals surface area contributed by atoms with E-state index in [0.717, 1.165) is 0 Å². The van der Waals surface area contributed by atoms with Gasteiger partial charge in [-0.3, -0.25) is 0 Å². The van der Waals surface area contributed by atoms with Crippen molar-refractivity contribution in [2.45, 2.75) is 97.1 Å². The van der Waals surface area contributed by atoms with Gasteiger partial charge in [0.15, 0.2) is 8.32 Å². The van der Waals surface area contributed by atoms with Crippen molar-refractivity contribution in [3.05, 3.63) is 0 Å². The molecule has 0 aliphatic carbocycles. The lowest BCUT2D eigenvalue weighted by molar-refractivity contribution is 0.0418. The molecule has 5 nitrogen and oxygen atoms in total. The number of nitrogens with one attached hydrogen (secondary N) is 1. The second-order valence-corrected chi connectivity index (χ2v) is 19.8. The number of hydrogen-bond donors (Lipinski definition) is 2. The van der Waals surface area contributed by atoms with Crippen molar-refractivity contribution in [1.29, 1.82) is 0 Å². The molecule has 2 atom stereocenters. The van der Waals surface area contributed by atoms with Gasteiger partial charge in [-0.25, -0.2) is 4.79 Å². The van der Waals surface area contributed by atoms with E-state index in [1.807, 2.05) is 0 Å². The number of ether oxygens (including phenoxy) is 1. The van der Waals surface area contributed by atoms with E-state index in [-0.39, 0.29) is 11.6 Å². The fourth-order valence-corrected chi connectivity index (χ4v) is 3.19. The summed E-state index contributed by atoms with van der Waals surface area (Å²) in [6, 6.07) is -0.636. The summed E-state index contributed by atoms with van der Waals surface area (Å²) in [7, 11) is -3.64. The largest absolute Gasteiger partial charge is 0.444 e. The number of hydrogen-bond acceptors (Lipinski definition) is 4. The number of alkyl carbamates (subject to hydrolysis) is 1. The van der Waals surface area contributed by atoms with E-state index in [1.54, 1.807) is 20.8 Å². The molecule has 0 aliphatic heterocycles. The van der Waals surface area contributed by atoms with Crippen LogP contribution in [0.3, 0.4) is 0 Å². The summed E-state index contributed by atoms with van der Waals surface area (Å²) in [4.78, 5) is 12.2. The summed E-state index contributed by atoms with van der Waals surface area (Å²) in [5.41, 5.74) is 2.55. The first-order valence-corrected chi connectivity index (χ1v) is 15.6. The third-order valence-electron chi connectivity index (χ3n) is 4.11.